The zero-order chi connectivity index (χ0) is 9.68. The van der Waals surface area contributed by atoms with Gasteiger partial charge >= 0.3 is 0 Å². The summed E-state index contributed by atoms with van der Waals surface area (Å²) < 4.78 is 1.75. The van der Waals surface area contributed by atoms with Crippen molar-refractivity contribution in [2.45, 2.75) is 6.92 Å². The number of aryl methyl sites for hydroxylation is 1. The van der Waals surface area contributed by atoms with E-state index in [9.17, 15) is 4.79 Å². The van der Waals surface area contributed by atoms with Crippen LogP contribution < -0.4 is 0 Å². The van der Waals surface area contributed by atoms with Crippen LogP contribution in [-0.4, -0.2) is 20.6 Å². The van der Waals surface area contributed by atoms with Gasteiger partial charge in [0.2, 0.25) is 0 Å². The molecule has 1 aromatic heterocycles. The molecule has 3 nitrogen and oxygen atoms in total. The predicted molar refractivity (Wildman–Crippen MR) is 55.4 cm³/mol. The van der Waals surface area contributed by atoms with E-state index in [-0.39, 0.29) is 5.12 Å². The molecule has 0 aliphatic carbocycles. The highest BCUT2D eigenvalue weighted by Gasteiger charge is 1.91. The molecular weight excluding hydrogens is 184 g/mol. The van der Waals surface area contributed by atoms with Crippen LogP contribution in [0.3, 0.4) is 0 Å². The predicted octanol–water partition coefficient (Wildman–Crippen LogP) is 1.71. The lowest BCUT2D eigenvalue weighted by Crippen LogP contribution is -1.87. The van der Waals surface area contributed by atoms with Gasteiger partial charge < -0.3 is 0 Å². The van der Waals surface area contributed by atoms with E-state index in [0.29, 0.717) is 5.75 Å². The Bertz CT molecular complexity index is 317. The number of aromatic nitrogens is 2. The largest absolute Gasteiger partial charge is 0.288 e. The minimum Gasteiger partial charge on any atom is -0.288 e. The van der Waals surface area contributed by atoms with E-state index in [1.807, 2.05) is 31.5 Å². The second-order valence-corrected chi connectivity index (χ2v) is 3.82. The van der Waals surface area contributed by atoms with E-state index in [1.54, 1.807) is 11.6 Å². The van der Waals surface area contributed by atoms with E-state index >= 15 is 0 Å². The Hall–Kier alpha value is -1.03. The zero-order valence-electron chi connectivity index (χ0n) is 7.73. The zero-order valence-corrected chi connectivity index (χ0v) is 8.54. The van der Waals surface area contributed by atoms with Gasteiger partial charge in [0.05, 0.1) is 5.69 Å². The molecule has 1 heterocycles. The van der Waals surface area contributed by atoms with Crippen LogP contribution in [0.2, 0.25) is 0 Å². The second kappa shape index (κ2) is 4.87. The molecule has 0 spiro atoms. The molecule has 0 saturated carbocycles. The minimum absolute atomic E-state index is 0.144. The third-order valence-corrected chi connectivity index (χ3v) is 2.17. The summed E-state index contributed by atoms with van der Waals surface area (Å²) in [4.78, 5) is 10.6. The molecule has 4 heteroatoms. The average Bonchev–Trinajstić information content (AvgIpc) is 2.45. The van der Waals surface area contributed by atoms with Crippen LogP contribution in [0.5, 0.6) is 0 Å². The van der Waals surface area contributed by atoms with Crippen molar-refractivity contribution >= 4 is 23.0 Å². The van der Waals surface area contributed by atoms with Gasteiger partial charge in [0.25, 0.3) is 0 Å². The summed E-state index contributed by atoms with van der Waals surface area (Å²) in [6, 6.07) is 1.93. The Labute approximate surface area is 81.8 Å². The van der Waals surface area contributed by atoms with Gasteiger partial charge in [-0.2, -0.15) is 5.10 Å². The molecule has 70 valence electrons. The van der Waals surface area contributed by atoms with Crippen LogP contribution in [0, 0.1) is 0 Å². The highest BCUT2D eigenvalue weighted by atomic mass is 32.2. The molecule has 1 aromatic rings. The van der Waals surface area contributed by atoms with Crippen LogP contribution in [0.4, 0.5) is 0 Å². The summed E-state index contributed by atoms with van der Waals surface area (Å²) in [5.41, 5.74) is 0.923. The van der Waals surface area contributed by atoms with Crippen LogP contribution in [-0.2, 0) is 11.8 Å². The molecule has 0 unspecified atom stereocenters. The van der Waals surface area contributed by atoms with Crippen molar-refractivity contribution < 1.29 is 4.79 Å². The van der Waals surface area contributed by atoms with Crippen molar-refractivity contribution in [2.75, 3.05) is 5.75 Å². The molecule has 1 rings (SSSR count). The summed E-state index contributed by atoms with van der Waals surface area (Å²) in [7, 11) is 1.88. The van der Waals surface area contributed by atoms with E-state index in [2.05, 4.69) is 5.10 Å². The van der Waals surface area contributed by atoms with Crippen molar-refractivity contribution in [1.29, 1.82) is 0 Å². The third kappa shape index (κ3) is 3.94. The lowest BCUT2D eigenvalue weighted by Gasteiger charge is -1.87. The summed E-state index contributed by atoms with van der Waals surface area (Å²) in [6.07, 6.45) is 5.74. The molecule has 0 amide bonds. The first-order valence-corrected chi connectivity index (χ1v) is 4.96. The molecule has 0 bridgehead atoms. The number of hydrogen-bond acceptors (Lipinski definition) is 3. The van der Waals surface area contributed by atoms with Crippen molar-refractivity contribution in [3.63, 3.8) is 0 Å². The van der Waals surface area contributed by atoms with Crippen molar-refractivity contribution in [1.82, 2.24) is 9.78 Å². The maximum Gasteiger partial charge on any atom is 0.186 e. The molecule has 0 radical (unpaired) electrons. The normalized spacial score (nSPS) is 10.9. The molecular formula is C9H12N2OS. The number of carbonyl (C=O) groups excluding carboxylic acids is 1. The molecule has 0 fully saturated rings. The number of thioether (sulfide) groups is 1. The van der Waals surface area contributed by atoms with E-state index in [0.717, 1.165) is 5.69 Å². The van der Waals surface area contributed by atoms with Gasteiger partial charge in [-0.3, -0.25) is 9.48 Å². The molecule has 0 N–H and O–H groups in total. The Morgan fingerprint density at radius 3 is 3.08 bits per heavy atom. The summed E-state index contributed by atoms with van der Waals surface area (Å²) >= 11 is 1.30. The summed E-state index contributed by atoms with van der Waals surface area (Å²) in [5.74, 6) is 0.714. The molecule has 0 aromatic carbocycles. The first kappa shape index (κ1) is 10.1. The van der Waals surface area contributed by atoms with Crippen LogP contribution in [0.25, 0.3) is 6.08 Å². The topological polar surface area (TPSA) is 34.9 Å². The van der Waals surface area contributed by atoms with Gasteiger partial charge in [-0.15, -0.1) is 0 Å². The van der Waals surface area contributed by atoms with E-state index in [4.69, 9.17) is 0 Å². The number of carbonyl (C=O) groups is 1. The molecule has 0 aliphatic rings. The van der Waals surface area contributed by atoms with Gasteiger partial charge in [-0.05, 0) is 12.1 Å². The van der Waals surface area contributed by atoms with Crippen LogP contribution >= 0.6 is 11.8 Å². The Morgan fingerprint density at radius 1 is 1.77 bits per heavy atom. The highest BCUT2D eigenvalue weighted by Crippen LogP contribution is 2.03. The maximum absolute atomic E-state index is 10.6. The smallest absolute Gasteiger partial charge is 0.186 e. The molecule has 0 saturated heterocycles. The maximum atomic E-state index is 10.6. The summed E-state index contributed by atoms with van der Waals surface area (Å²) in [6.45, 7) is 1.57. The van der Waals surface area contributed by atoms with Crippen molar-refractivity contribution in [2.24, 2.45) is 7.05 Å². The minimum atomic E-state index is 0.144. The Kier molecular flexibility index (Phi) is 3.76. The van der Waals surface area contributed by atoms with Gasteiger partial charge in [0, 0.05) is 25.9 Å². The number of rotatable bonds is 3. The molecule has 0 atom stereocenters. The fourth-order valence-corrected chi connectivity index (χ4v) is 1.28. The SMILES string of the molecule is CC(=O)SCC=Cc1ccn(C)n1. The van der Waals surface area contributed by atoms with Gasteiger partial charge in [0.15, 0.2) is 5.12 Å². The summed E-state index contributed by atoms with van der Waals surface area (Å²) in [5, 5.41) is 4.31. The number of hydrogen-bond donors (Lipinski definition) is 0. The standard InChI is InChI=1S/C9H12N2OS/c1-8(12)13-7-3-4-9-5-6-11(2)10-9/h3-6H,7H2,1-2H3. The lowest BCUT2D eigenvalue weighted by atomic mass is 10.4. The van der Waals surface area contributed by atoms with E-state index in [1.165, 1.54) is 11.8 Å². The third-order valence-electron chi connectivity index (χ3n) is 1.41. The van der Waals surface area contributed by atoms with Crippen molar-refractivity contribution in [3.8, 4) is 0 Å². The number of nitrogens with zero attached hydrogens (tertiary/aromatic N) is 2. The first-order valence-electron chi connectivity index (χ1n) is 3.98. The van der Waals surface area contributed by atoms with Crippen LogP contribution in [0.15, 0.2) is 18.3 Å². The molecule has 0 aliphatic heterocycles. The monoisotopic (exact) mass is 196 g/mol. The lowest BCUT2D eigenvalue weighted by molar-refractivity contribution is -0.109. The fourth-order valence-electron chi connectivity index (χ4n) is 0.856. The highest BCUT2D eigenvalue weighted by molar-refractivity contribution is 8.13. The van der Waals surface area contributed by atoms with E-state index < -0.39 is 0 Å². The van der Waals surface area contributed by atoms with Crippen LogP contribution in [0.1, 0.15) is 12.6 Å². The van der Waals surface area contributed by atoms with Gasteiger partial charge in [0.1, 0.15) is 0 Å². The molecule has 13 heavy (non-hydrogen) atoms. The van der Waals surface area contributed by atoms with Gasteiger partial charge in [-0.1, -0.05) is 17.8 Å². The first-order chi connectivity index (χ1) is 6.18. The quantitative estimate of drug-likeness (QED) is 0.738. The average molecular weight is 196 g/mol. The Balaban J connectivity index is 2.36. The Morgan fingerprint density at radius 2 is 2.54 bits per heavy atom. The van der Waals surface area contributed by atoms with Gasteiger partial charge in [-0.25, -0.2) is 0 Å². The van der Waals surface area contributed by atoms with Crippen molar-refractivity contribution in [3.05, 3.63) is 24.0 Å². The second-order valence-electron chi connectivity index (χ2n) is 2.62. The fraction of sp³-hybridized carbons (Fsp3) is 0.333.